The predicted octanol–water partition coefficient (Wildman–Crippen LogP) is 3.01. The molecule has 0 radical (unpaired) electrons. The Kier molecular flexibility index (Phi) is 4.55. The third-order valence-electron chi connectivity index (χ3n) is 2.27. The van der Waals surface area contributed by atoms with Gasteiger partial charge in [0, 0.05) is 17.8 Å². The zero-order valence-electron chi connectivity index (χ0n) is 9.50. The van der Waals surface area contributed by atoms with Crippen molar-refractivity contribution in [2.45, 2.75) is 39.7 Å². The molecule has 0 aliphatic rings. The first-order valence-electron chi connectivity index (χ1n) is 5.28. The van der Waals surface area contributed by atoms with E-state index in [2.05, 4.69) is 36.5 Å². The highest BCUT2D eigenvalue weighted by Gasteiger charge is 2.11. The van der Waals surface area contributed by atoms with Crippen LogP contribution in [0.3, 0.4) is 0 Å². The Morgan fingerprint density at radius 2 is 2.21 bits per heavy atom. The fraction of sp³-hybridized carbons (Fsp3) is 0.727. The van der Waals surface area contributed by atoms with E-state index < -0.39 is 0 Å². The third-order valence-corrected chi connectivity index (χ3v) is 3.16. The van der Waals surface area contributed by atoms with E-state index in [1.54, 1.807) is 11.3 Å². The van der Waals surface area contributed by atoms with Crippen molar-refractivity contribution < 1.29 is 0 Å². The fourth-order valence-electron chi connectivity index (χ4n) is 1.49. The summed E-state index contributed by atoms with van der Waals surface area (Å²) in [6.07, 6.45) is 2.20. The number of hydrogen-bond acceptors (Lipinski definition) is 3. The first-order chi connectivity index (χ1) is 6.67. The second kappa shape index (κ2) is 5.47. The van der Waals surface area contributed by atoms with Crippen LogP contribution in [-0.4, -0.2) is 12.0 Å². The number of hydrogen-bond donors (Lipinski definition) is 1. The summed E-state index contributed by atoms with van der Waals surface area (Å²) in [6.45, 7) is 6.65. The molecule has 0 amide bonds. The number of nitrogens with zero attached hydrogens (tertiary/aromatic N) is 1. The molecule has 1 heterocycles. The molecular weight excluding hydrogens is 192 g/mol. The van der Waals surface area contributed by atoms with E-state index in [0.29, 0.717) is 12.0 Å². The molecule has 1 N–H and O–H groups in total. The van der Waals surface area contributed by atoms with Crippen molar-refractivity contribution in [1.29, 1.82) is 0 Å². The van der Waals surface area contributed by atoms with Crippen LogP contribution in [0.25, 0.3) is 0 Å². The molecule has 0 aromatic carbocycles. The lowest BCUT2D eigenvalue weighted by Gasteiger charge is -2.09. The summed E-state index contributed by atoms with van der Waals surface area (Å²) < 4.78 is 0. The van der Waals surface area contributed by atoms with Crippen molar-refractivity contribution in [1.82, 2.24) is 10.3 Å². The smallest absolute Gasteiger partial charge is 0.0931 e. The van der Waals surface area contributed by atoms with Crippen LogP contribution in [0, 0.1) is 5.92 Å². The zero-order chi connectivity index (χ0) is 10.6. The maximum atomic E-state index is 4.65. The molecule has 0 aliphatic heterocycles. The summed E-state index contributed by atoms with van der Waals surface area (Å²) in [5.74, 6) is 0.698. The molecule has 14 heavy (non-hydrogen) atoms. The van der Waals surface area contributed by atoms with E-state index >= 15 is 0 Å². The van der Waals surface area contributed by atoms with Crippen molar-refractivity contribution in [2.75, 3.05) is 7.05 Å². The lowest BCUT2D eigenvalue weighted by molar-refractivity contribution is 0.560. The quantitative estimate of drug-likeness (QED) is 0.811. The SMILES string of the molecule is CCC(NC)c1csc(CC(C)C)n1. The maximum Gasteiger partial charge on any atom is 0.0931 e. The molecule has 0 aliphatic carbocycles. The first-order valence-corrected chi connectivity index (χ1v) is 6.16. The van der Waals surface area contributed by atoms with E-state index in [9.17, 15) is 0 Å². The highest BCUT2D eigenvalue weighted by molar-refractivity contribution is 7.09. The third kappa shape index (κ3) is 3.07. The molecule has 0 saturated heterocycles. The molecule has 3 heteroatoms. The molecule has 0 spiro atoms. The number of nitrogens with one attached hydrogen (secondary N) is 1. The van der Waals surface area contributed by atoms with Crippen LogP contribution in [-0.2, 0) is 6.42 Å². The van der Waals surface area contributed by atoms with E-state index in [-0.39, 0.29) is 0 Å². The van der Waals surface area contributed by atoms with Gasteiger partial charge in [0.05, 0.1) is 10.7 Å². The summed E-state index contributed by atoms with van der Waals surface area (Å²) >= 11 is 1.79. The standard InChI is InChI=1S/C11H20N2S/c1-5-9(12-4)10-7-14-11(13-10)6-8(2)3/h7-9,12H,5-6H2,1-4H3. The second-order valence-corrected chi connectivity index (χ2v) is 4.96. The highest BCUT2D eigenvalue weighted by Crippen LogP contribution is 2.20. The van der Waals surface area contributed by atoms with Crippen molar-refractivity contribution in [3.63, 3.8) is 0 Å². The van der Waals surface area contributed by atoms with Crippen LogP contribution < -0.4 is 5.32 Å². The minimum Gasteiger partial charge on any atom is -0.312 e. The van der Waals surface area contributed by atoms with E-state index in [4.69, 9.17) is 0 Å². The van der Waals surface area contributed by atoms with Crippen molar-refractivity contribution in [2.24, 2.45) is 5.92 Å². The largest absolute Gasteiger partial charge is 0.312 e. The molecule has 2 nitrogen and oxygen atoms in total. The van der Waals surface area contributed by atoms with Gasteiger partial charge in [-0.25, -0.2) is 4.98 Å². The van der Waals surface area contributed by atoms with Gasteiger partial charge in [0.25, 0.3) is 0 Å². The summed E-state index contributed by atoms with van der Waals surface area (Å²) in [5, 5.41) is 6.73. The monoisotopic (exact) mass is 212 g/mol. The molecule has 1 unspecified atom stereocenters. The van der Waals surface area contributed by atoms with Crippen LogP contribution in [0.5, 0.6) is 0 Å². The molecule has 0 saturated carbocycles. The molecule has 80 valence electrons. The summed E-state index contributed by atoms with van der Waals surface area (Å²) in [4.78, 5) is 4.65. The summed E-state index contributed by atoms with van der Waals surface area (Å²) in [6, 6.07) is 0.423. The van der Waals surface area contributed by atoms with E-state index in [1.165, 1.54) is 10.7 Å². The number of thiazole rings is 1. The number of rotatable bonds is 5. The molecule has 0 fully saturated rings. The average molecular weight is 212 g/mol. The lowest BCUT2D eigenvalue weighted by Crippen LogP contribution is -2.15. The Bertz CT molecular complexity index is 264. The molecule has 1 atom stereocenters. The van der Waals surface area contributed by atoms with Crippen molar-refractivity contribution in [3.8, 4) is 0 Å². The number of aromatic nitrogens is 1. The predicted molar refractivity (Wildman–Crippen MR) is 62.7 cm³/mol. The first kappa shape index (κ1) is 11.7. The normalized spacial score (nSPS) is 13.5. The molecule has 1 rings (SSSR count). The van der Waals surface area contributed by atoms with Crippen LogP contribution in [0.4, 0.5) is 0 Å². The van der Waals surface area contributed by atoms with Gasteiger partial charge in [-0.2, -0.15) is 0 Å². The van der Waals surface area contributed by atoms with Crippen LogP contribution in [0.1, 0.15) is 43.9 Å². The van der Waals surface area contributed by atoms with Crippen molar-refractivity contribution in [3.05, 3.63) is 16.1 Å². The van der Waals surface area contributed by atoms with E-state index in [0.717, 1.165) is 12.8 Å². The van der Waals surface area contributed by atoms with Gasteiger partial charge in [-0.05, 0) is 19.4 Å². The summed E-state index contributed by atoms with van der Waals surface area (Å²) in [7, 11) is 2.00. The Hall–Kier alpha value is -0.410. The van der Waals surface area contributed by atoms with Gasteiger partial charge < -0.3 is 5.32 Å². The molecular formula is C11H20N2S. The summed E-state index contributed by atoms with van der Waals surface area (Å²) in [5.41, 5.74) is 1.20. The highest BCUT2D eigenvalue weighted by atomic mass is 32.1. The van der Waals surface area contributed by atoms with Crippen LogP contribution >= 0.6 is 11.3 Å². The Balaban J connectivity index is 2.66. The van der Waals surface area contributed by atoms with Gasteiger partial charge in [-0.3, -0.25) is 0 Å². The molecule has 1 aromatic heterocycles. The maximum absolute atomic E-state index is 4.65. The van der Waals surface area contributed by atoms with Gasteiger partial charge in [0.2, 0.25) is 0 Å². The van der Waals surface area contributed by atoms with Gasteiger partial charge in [-0.1, -0.05) is 20.8 Å². The van der Waals surface area contributed by atoms with Gasteiger partial charge in [-0.15, -0.1) is 11.3 Å². The molecule has 0 bridgehead atoms. The van der Waals surface area contributed by atoms with Gasteiger partial charge in [0.15, 0.2) is 0 Å². The molecule has 1 aromatic rings. The van der Waals surface area contributed by atoms with E-state index in [1.807, 2.05) is 7.05 Å². The Morgan fingerprint density at radius 1 is 1.50 bits per heavy atom. The topological polar surface area (TPSA) is 24.9 Å². The average Bonchev–Trinajstić information content (AvgIpc) is 2.54. The fourth-order valence-corrected chi connectivity index (χ4v) is 2.55. The van der Waals surface area contributed by atoms with Crippen LogP contribution in [0.15, 0.2) is 5.38 Å². The lowest BCUT2D eigenvalue weighted by atomic mass is 10.1. The zero-order valence-corrected chi connectivity index (χ0v) is 10.3. The Morgan fingerprint density at radius 3 is 2.71 bits per heavy atom. The van der Waals surface area contributed by atoms with Crippen LogP contribution in [0.2, 0.25) is 0 Å². The van der Waals surface area contributed by atoms with Gasteiger partial charge in [0.1, 0.15) is 0 Å². The van der Waals surface area contributed by atoms with Crippen molar-refractivity contribution >= 4 is 11.3 Å². The minimum atomic E-state index is 0.423. The minimum absolute atomic E-state index is 0.423. The Labute approximate surface area is 90.8 Å². The van der Waals surface area contributed by atoms with Gasteiger partial charge >= 0.3 is 0 Å². The second-order valence-electron chi connectivity index (χ2n) is 4.01.